The summed E-state index contributed by atoms with van der Waals surface area (Å²) in [5.74, 6) is -0.870. The van der Waals surface area contributed by atoms with Gasteiger partial charge in [-0.2, -0.15) is 13.2 Å². The van der Waals surface area contributed by atoms with Gasteiger partial charge in [0.1, 0.15) is 29.8 Å². The monoisotopic (exact) mass is 365 g/mol. The van der Waals surface area contributed by atoms with Crippen molar-refractivity contribution in [1.29, 1.82) is 0 Å². The van der Waals surface area contributed by atoms with Crippen LogP contribution in [0, 0.1) is 0 Å². The summed E-state index contributed by atoms with van der Waals surface area (Å²) in [4.78, 5) is 29.4. The standard InChI is InChI=1S/C17H14F3N3O3/c1-23-12-6-2-3-7-13(12)26-9-11(16(23)25)22-15(24)10-5-4-8-14(21-10)17(18,19)20/h2-8,11H,9H2,1H3,(H,22,24)/t11-/m0/s1. The molecular weight excluding hydrogens is 351 g/mol. The number of amides is 2. The van der Waals surface area contributed by atoms with Gasteiger partial charge < -0.3 is 15.0 Å². The van der Waals surface area contributed by atoms with E-state index in [1.54, 1.807) is 24.3 Å². The van der Waals surface area contributed by atoms with Crippen LogP contribution in [0.5, 0.6) is 5.75 Å². The van der Waals surface area contributed by atoms with Gasteiger partial charge in [0.05, 0.1) is 5.69 Å². The average molecular weight is 365 g/mol. The largest absolute Gasteiger partial charge is 0.489 e. The minimum Gasteiger partial charge on any atom is -0.489 e. The second-order valence-corrected chi connectivity index (χ2v) is 5.61. The summed E-state index contributed by atoms with van der Waals surface area (Å²) >= 11 is 0. The second kappa shape index (κ2) is 6.66. The molecule has 2 aromatic rings. The van der Waals surface area contributed by atoms with Crippen LogP contribution < -0.4 is 15.0 Å². The number of carbonyl (C=O) groups excluding carboxylic acids is 2. The molecule has 6 nitrogen and oxygen atoms in total. The lowest BCUT2D eigenvalue weighted by molar-refractivity contribution is -0.141. The van der Waals surface area contributed by atoms with E-state index < -0.39 is 35.4 Å². The predicted octanol–water partition coefficient (Wildman–Crippen LogP) is 2.25. The number of pyridine rings is 1. The smallest absolute Gasteiger partial charge is 0.433 e. The molecule has 0 unspecified atom stereocenters. The van der Waals surface area contributed by atoms with E-state index >= 15 is 0 Å². The molecule has 2 heterocycles. The van der Waals surface area contributed by atoms with Crippen LogP contribution in [0.25, 0.3) is 0 Å². The number of likely N-dealkylation sites (N-methyl/N-ethyl adjacent to an activating group) is 1. The van der Waals surface area contributed by atoms with E-state index in [2.05, 4.69) is 10.3 Å². The maximum Gasteiger partial charge on any atom is 0.433 e. The van der Waals surface area contributed by atoms with Gasteiger partial charge in [-0.05, 0) is 24.3 Å². The molecule has 9 heteroatoms. The molecular formula is C17H14F3N3O3. The molecule has 1 aliphatic rings. The summed E-state index contributed by atoms with van der Waals surface area (Å²) in [5, 5.41) is 2.38. The van der Waals surface area contributed by atoms with E-state index in [1.807, 2.05) is 0 Å². The topological polar surface area (TPSA) is 71.5 Å². The van der Waals surface area contributed by atoms with Crippen molar-refractivity contribution in [3.63, 3.8) is 0 Å². The molecule has 26 heavy (non-hydrogen) atoms. The van der Waals surface area contributed by atoms with Crippen LogP contribution in [0.2, 0.25) is 0 Å². The van der Waals surface area contributed by atoms with Crippen molar-refractivity contribution in [2.24, 2.45) is 0 Å². The summed E-state index contributed by atoms with van der Waals surface area (Å²) in [7, 11) is 1.53. The number of para-hydroxylation sites is 2. The predicted molar refractivity (Wildman–Crippen MR) is 85.8 cm³/mol. The molecule has 0 bridgehead atoms. The highest BCUT2D eigenvalue weighted by Gasteiger charge is 2.34. The van der Waals surface area contributed by atoms with Crippen LogP contribution in [0.15, 0.2) is 42.5 Å². The van der Waals surface area contributed by atoms with Gasteiger partial charge in [0.15, 0.2) is 0 Å². The lowest BCUT2D eigenvalue weighted by Crippen LogP contribution is -2.49. The Hall–Kier alpha value is -3.10. The molecule has 0 aliphatic carbocycles. The summed E-state index contributed by atoms with van der Waals surface area (Å²) in [6, 6.07) is 8.77. The number of ether oxygens (including phenoxy) is 1. The van der Waals surface area contributed by atoms with Crippen LogP contribution in [-0.2, 0) is 11.0 Å². The molecule has 0 fully saturated rings. The van der Waals surface area contributed by atoms with E-state index in [-0.39, 0.29) is 6.61 Å². The van der Waals surface area contributed by atoms with E-state index in [0.717, 1.165) is 18.2 Å². The summed E-state index contributed by atoms with van der Waals surface area (Å²) in [5.41, 5.74) is -1.08. The fraction of sp³-hybridized carbons (Fsp3) is 0.235. The third-order valence-electron chi connectivity index (χ3n) is 3.84. The zero-order chi connectivity index (χ0) is 18.9. The molecule has 0 spiro atoms. The van der Waals surface area contributed by atoms with Gasteiger partial charge in [-0.15, -0.1) is 0 Å². The number of aromatic nitrogens is 1. The first kappa shape index (κ1) is 17.7. The first-order valence-electron chi connectivity index (χ1n) is 7.62. The van der Waals surface area contributed by atoms with Gasteiger partial charge in [0.2, 0.25) is 0 Å². The van der Waals surface area contributed by atoms with Crippen molar-refractivity contribution >= 4 is 17.5 Å². The molecule has 1 aromatic heterocycles. The number of hydrogen-bond acceptors (Lipinski definition) is 4. The second-order valence-electron chi connectivity index (χ2n) is 5.61. The van der Waals surface area contributed by atoms with Crippen LogP contribution >= 0.6 is 0 Å². The maximum absolute atomic E-state index is 12.7. The molecule has 136 valence electrons. The number of hydrogen-bond donors (Lipinski definition) is 1. The Labute approximate surface area is 146 Å². The summed E-state index contributed by atoms with van der Waals surface area (Å²) in [6.45, 7) is -0.148. The number of halogens is 3. The molecule has 0 saturated heterocycles. The number of nitrogens with one attached hydrogen (secondary N) is 1. The van der Waals surface area contributed by atoms with Crippen molar-refractivity contribution in [1.82, 2.24) is 10.3 Å². The van der Waals surface area contributed by atoms with Crippen molar-refractivity contribution in [2.75, 3.05) is 18.6 Å². The Morgan fingerprint density at radius 2 is 1.96 bits per heavy atom. The summed E-state index contributed by atoms with van der Waals surface area (Å²) < 4.78 is 43.7. The molecule has 1 atom stereocenters. The molecule has 3 rings (SSSR count). The van der Waals surface area contributed by atoms with E-state index in [1.165, 1.54) is 11.9 Å². The normalized spacial score (nSPS) is 17.2. The zero-order valence-corrected chi connectivity index (χ0v) is 13.6. The Bertz CT molecular complexity index is 854. The Morgan fingerprint density at radius 3 is 2.69 bits per heavy atom. The van der Waals surface area contributed by atoms with Crippen molar-refractivity contribution < 1.29 is 27.5 Å². The van der Waals surface area contributed by atoms with Crippen LogP contribution in [-0.4, -0.2) is 36.5 Å². The number of anilines is 1. The minimum atomic E-state index is -4.67. The Balaban J connectivity index is 1.79. The zero-order valence-electron chi connectivity index (χ0n) is 13.6. The van der Waals surface area contributed by atoms with Crippen LogP contribution in [0.1, 0.15) is 16.2 Å². The lowest BCUT2D eigenvalue weighted by atomic mass is 10.2. The first-order valence-corrected chi connectivity index (χ1v) is 7.62. The highest BCUT2D eigenvalue weighted by atomic mass is 19.4. The van der Waals surface area contributed by atoms with Gasteiger partial charge in [-0.3, -0.25) is 9.59 Å². The van der Waals surface area contributed by atoms with Gasteiger partial charge in [0.25, 0.3) is 11.8 Å². The fourth-order valence-electron chi connectivity index (χ4n) is 2.51. The number of nitrogens with zero attached hydrogens (tertiary/aromatic N) is 2. The SMILES string of the molecule is CN1C(=O)[C@@H](NC(=O)c2cccc(C(F)(F)F)n2)COc2ccccc21. The van der Waals surface area contributed by atoms with Gasteiger partial charge >= 0.3 is 6.18 Å². The van der Waals surface area contributed by atoms with Gasteiger partial charge in [-0.25, -0.2) is 4.98 Å². The van der Waals surface area contributed by atoms with E-state index in [9.17, 15) is 22.8 Å². The van der Waals surface area contributed by atoms with Crippen LogP contribution in [0.3, 0.4) is 0 Å². The molecule has 2 amide bonds. The third kappa shape index (κ3) is 3.46. The van der Waals surface area contributed by atoms with E-state index in [0.29, 0.717) is 11.4 Å². The third-order valence-corrected chi connectivity index (χ3v) is 3.84. The molecule has 0 saturated carbocycles. The Kier molecular flexibility index (Phi) is 4.54. The highest BCUT2D eigenvalue weighted by molar-refractivity contribution is 6.02. The van der Waals surface area contributed by atoms with E-state index in [4.69, 9.17) is 4.74 Å². The quantitative estimate of drug-likeness (QED) is 0.886. The molecule has 1 N–H and O–H groups in total. The maximum atomic E-state index is 12.7. The van der Waals surface area contributed by atoms with Gasteiger partial charge in [0, 0.05) is 7.05 Å². The number of fused-ring (bicyclic) bond motifs is 1. The van der Waals surface area contributed by atoms with Crippen molar-refractivity contribution in [3.05, 3.63) is 53.9 Å². The first-order chi connectivity index (χ1) is 12.3. The number of carbonyl (C=O) groups is 2. The van der Waals surface area contributed by atoms with Gasteiger partial charge in [-0.1, -0.05) is 18.2 Å². The number of rotatable bonds is 2. The molecule has 1 aliphatic heterocycles. The molecule has 1 aromatic carbocycles. The summed E-state index contributed by atoms with van der Waals surface area (Å²) in [6.07, 6.45) is -4.67. The van der Waals surface area contributed by atoms with Crippen molar-refractivity contribution in [2.45, 2.75) is 12.2 Å². The van der Waals surface area contributed by atoms with Crippen molar-refractivity contribution in [3.8, 4) is 5.75 Å². The average Bonchev–Trinajstić information content (AvgIpc) is 2.73. The number of alkyl halides is 3. The Morgan fingerprint density at radius 1 is 1.23 bits per heavy atom. The lowest BCUT2D eigenvalue weighted by Gasteiger charge is -2.20. The molecule has 0 radical (unpaired) electrons. The highest BCUT2D eigenvalue weighted by Crippen LogP contribution is 2.30. The van der Waals surface area contributed by atoms with Crippen LogP contribution in [0.4, 0.5) is 18.9 Å². The number of benzene rings is 1. The fourth-order valence-corrected chi connectivity index (χ4v) is 2.51. The minimum absolute atomic E-state index is 0.148.